The number of aliphatic hydroxyl groups excluding tert-OH is 1. The van der Waals surface area contributed by atoms with Crippen LogP contribution in [0, 0.1) is 10.1 Å². The Morgan fingerprint density at radius 2 is 2.20 bits per heavy atom. The molecule has 0 heterocycles. The number of hydrogen-bond donors (Lipinski definition) is 2. The van der Waals surface area contributed by atoms with Crippen LogP contribution in [0.1, 0.15) is 10.4 Å². The van der Waals surface area contributed by atoms with Crippen LogP contribution in [0.5, 0.6) is 0 Å². The van der Waals surface area contributed by atoms with Gasteiger partial charge in [-0.25, -0.2) is 4.79 Å². The number of hydrogen-bond acceptors (Lipinski definition) is 6. The summed E-state index contributed by atoms with van der Waals surface area (Å²) in [5, 5.41) is 22.2. The highest BCUT2D eigenvalue weighted by molar-refractivity contribution is 6.34. The van der Waals surface area contributed by atoms with E-state index in [-0.39, 0.29) is 10.6 Å². The van der Waals surface area contributed by atoms with Crippen LogP contribution in [0.15, 0.2) is 18.2 Å². The topological polar surface area (TPSA) is 119 Å². The van der Waals surface area contributed by atoms with Crippen molar-refractivity contribution in [2.45, 2.75) is 6.10 Å². The molecule has 0 fully saturated rings. The van der Waals surface area contributed by atoms with E-state index < -0.39 is 35.1 Å². The average Bonchev–Trinajstić information content (AvgIpc) is 2.42. The van der Waals surface area contributed by atoms with Gasteiger partial charge < -0.3 is 15.2 Å². The fraction of sp³-hybridized carbons (Fsp3) is 0.273. The maximum Gasteiger partial charge on any atom is 0.336 e. The molecule has 0 spiro atoms. The number of carbonyl (C=O) groups is 2. The van der Waals surface area contributed by atoms with Crippen molar-refractivity contribution < 1.29 is 24.4 Å². The maximum atomic E-state index is 11.8. The van der Waals surface area contributed by atoms with E-state index in [0.29, 0.717) is 0 Å². The van der Waals surface area contributed by atoms with Gasteiger partial charge in [-0.15, -0.1) is 0 Å². The lowest BCUT2D eigenvalue weighted by Gasteiger charge is -2.10. The first kappa shape index (κ1) is 15.9. The molecule has 1 rings (SSSR count). The van der Waals surface area contributed by atoms with Gasteiger partial charge >= 0.3 is 5.97 Å². The largest absolute Gasteiger partial charge is 0.467 e. The number of nitro groups is 1. The van der Waals surface area contributed by atoms with Gasteiger partial charge in [0.05, 0.1) is 23.6 Å². The smallest absolute Gasteiger partial charge is 0.336 e. The maximum absolute atomic E-state index is 11.8. The molecule has 1 aromatic rings. The molecule has 0 radical (unpaired) electrons. The Balaban J connectivity index is 2.88. The van der Waals surface area contributed by atoms with Crippen molar-refractivity contribution in [1.29, 1.82) is 0 Å². The van der Waals surface area contributed by atoms with Crippen LogP contribution < -0.4 is 5.32 Å². The first-order chi connectivity index (χ1) is 9.38. The highest BCUT2D eigenvalue weighted by Gasteiger charge is 2.24. The van der Waals surface area contributed by atoms with Crippen LogP contribution in [0.3, 0.4) is 0 Å². The van der Waals surface area contributed by atoms with Gasteiger partial charge in [0.2, 0.25) is 0 Å². The van der Waals surface area contributed by atoms with Crippen LogP contribution >= 0.6 is 11.6 Å². The number of ether oxygens (including phenoxy) is 1. The van der Waals surface area contributed by atoms with E-state index in [4.69, 9.17) is 11.6 Å². The summed E-state index contributed by atoms with van der Waals surface area (Å²) in [7, 11) is 1.08. The fourth-order valence-corrected chi connectivity index (χ4v) is 1.64. The van der Waals surface area contributed by atoms with Gasteiger partial charge in [-0.1, -0.05) is 17.7 Å². The third-order valence-electron chi connectivity index (χ3n) is 2.34. The molecule has 1 aromatic carbocycles. The quantitative estimate of drug-likeness (QED) is 0.465. The molecule has 1 unspecified atom stereocenters. The van der Waals surface area contributed by atoms with Crippen LogP contribution in [0.2, 0.25) is 5.02 Å². The van der Waals surface area contributed by atoms with Gasteiger partial charge in [0.1, 0.15) is 5.56 Å². The molecule has 0 saturated heterocycles. The summed E-state index contributed by atoms with van der Waals surface area (Å²) < 4.78 is 4.26. The first-order valence-corrected chi connectivity index (χ1v) is 5.73. The third-order valence-corrected chi connectivity index (χ3v) is 2.66. The monoisotopic (exact) mass is 302 g/mol. The Hall–Kier alpha value is -2.19. The van der Waals surface area contributed by atoms with Crippen molar-refractivity contribution in [3.05, 3.63) is 38.9 Å². The van der Waals surface area contributed by atoms with Crippen LogP contribution in [0.4, 0.5) is 5.69 Å². The lowest BCUT2D eigenvalue weighted by Crippen LogP contribution is -2.37. The Labute approximate surface area is 118 Å². The van der Waals surface area contributed by atoms with Crippen LogP contribution in [0.25, 0.3) is 0 Å². The van der Waals surface area contributed by atoms with E-state index in [2.05, 4.69) is 10.1 Å². The van der Waals surface area contributed by atoms with Crippen molar-refractivity contribution in [1.82, 2.24) is 5.32 Å². The molecule has 0 aliphatic carbocycles. The zero-order valence-corrected chi connectivity index (χ0v) is 11.1. The number of amides is 1. The predicted molar refractivity (Wildman–Crippen MR) is 68.5 cm³/mol. The summed E-state index contributed by atoms with van der Waals surface area (Å²) in [6.45, 7) is -0.451. The number of esters is 1. The van der Waals surface area contributed by atoms with E-state index in [1.165, 1.54) is 12.1 Å². The van der Waals surface area contributed by atoms with Crippen LogP contribution in [-0.2, 0) is 9.53 Å². The Bertz CT molecular complexity index is 548. The van der Waals surface area contributed by atoms with Crippen molar-refractivity contribution in [3.8, 4) is 0 Å². The van der Waals surface area contributed by atoms with Crippen molar-refractivity contribution >= 4 is 29.2 Å². The predicted octanol–water partition coefficient (Wildman–Crippen LogP) is 0.512. The molecule has 8 nitrogen and oxygen atoms in total. The molecule has 2 N–H and O–H groups in total. The van der Waals surface area contributed by atoms with Gasteiger partial charge in [0.15, 0.2) is 6.10 Å². The van der Waals surface area contributed by atoms with E-state index in [9.17, 15) is 24.8 Å². The zero-order valence-electron chi connectivity index (χ0n) is 10.3. The molecular weight excluding hydrogens is 292 g/mol. The molecular formula is C11H11ClN2O6. The fourth-order valence-electron chi connectivity index (χ4n) is 1.39. The van der Waals surface area contributed by atoms with E-state index in [1.54, 1.807) is 0 Å². The number of halogens is 1. The van der Waals surface area contributed by atoms with Crippen molar-refractivity contribution in [3.63, 3.8) is 0 Å². The molecule has 0 aliphatic heterocycles. The van der Waals surface area contributed by atoms with E-state index >= 15 is 0 Å². The first-order valence-electron chi connectivity index (χ1n) is 5.35. The van der Waals surface area contributed by atoms with Crippen LogP contribution in [-0.4, -0.2) is 41.7 Å². The summed E-state index contributed by atoms with van der Waals surface area (Å²) in [6, 6.07) is 3.78. The molecule has 0 aliphatic rings. The molecule has 0 saturated carbocycles. The summed E-state index contributed by atoms with van der Waals surface area (Å²) in [6.07, 6.45) is -1.56. The van der Waals surface area contributed by atoms with Gasteiger partial charge in [-0.2, -0.15) is 0 Å². The molecule has 108 valence electrons. The highest BCUT2D eigenvalue weighted by atomic mass is 35.5. The highest BCUT2D eigenvalue weighted by Crippen LogP contribution is 2.25. The minimum Gasteiger partial charge on any atom is -0.467 e. The molecule has 1 atom stereocenters. The number of nitro benzene ring substituents is 1. The third kappa shape index (κ3) is 3.65. The minimum absolute atomic E-state index is 0.107. The minimum atomic E-state index is -1.56. The lowest BCUT2D eigenvalue weighted by molar-refractivity contribution is -0.385. The zero-order chi connectivity index (χ0) is 15.3. The van der Waals surface area contributed by atoms with Crippen molar-refractivity contribution in [2.75, 3.05) is 13.7 Å². The summed E-state index contributed by atoms with van der Waals surface area (Å²) >= 11 is 5.75. The summed E-state index contributed by atoms with van der Waals surface area (Å²) in [4.78, 5) is 32.9. The Morgan fingerprint density at radius 3 is 2.75 bits per heavy atom. The number of carbonyl (C=O) groups excluding carboxylic acids is 2. The number of nitrogens with one attached hydrogen (secondary N) is 1. The second kappa shape index (κ2) is 6.83. The Kier molecular flexibility index (Phi) is 5.42. The number of benzene rings is 1. The number of nitrogens with zero attached hydrogens (tertiary/aromatic N) is 1. The number of aliphatic hydroxyl groups is 1. The van der Waals surface area contributed by atoms with E-state index in [0.717, 1.165) is 13.2 Å². The second-order valence-electron chi connectivity index (χ2n) is 3.64. The second-order valence-corrected chi connectivity index (χ2v) is 4.05. The molecule has 0 bridgehead atoms. The van der Waals surface area contributed by atoms with Crippen molar-refractivity contribution in [2.24, 2.45) is 0 Å². The van der Waals surface area contributed by atoms with Gasteiger partial charge in [-0.3, -0.25) is 14.9 Å². The summed E-state index contributed by atoms with van der Waals surface area (Å²) in [5.74, 6) is -1.80. The SMILES string of the molecule is COC(=O)C(O)CNC(=O)c1c(Cl)cccc1[N+](=O)[O-]. The van der Waals surface area contributed by atoms with Gasteiger partial charge in [0, 0.05) is 6.07 Å². The molecule has 20 heavy (non-hydrogen) atoms. The Morgan fingerprint density at radius 1 is 1.55 bits per heavy atom. The lowest BCUT2D eigenvalue weighted by atomic mass is 10.1. The normalized spacial score (nSPS) is 11.6. The average molecular weight is 303 g/mol. The summed E-state index contributed by atoms with van der Waals surface area (Å²) in [5.41, 5.74) is -0.807. The van der Waals surface area contributed by atoms with Gasteiger partial charge in [0.25, 0.3) is 11.6 Å². The van der Waals surface area contributed by atoms with E-state index in [1.807, 2.05) is 0 Å². The standard InChI is InChI=1S/C11H11ClN2O6/c1-20-11(17)8(15)5-13-10(16)9-6(12)3-2-4-7(9)14(18)19/h2-4,8,15H,5H2,1H3,(H,13,16). The van der Waals surface area contributed by atoms with Gasteiger partial charge in [-0.05, 0) is 6.07 Å². The number of rotatable bonds is 5. The molecule has 1 amide bonds. The molecule has 0 aromatic heterocycles. The molecule has 9 heteroatoms. The number of methoxy groups -OCH3 is 1.